The number of nitriles is 1. The third-order valence-corrected chi connectivity index (χ3v) is 4.21. The number of fused-ring (bicyclic) bond motifs is 3. The molecule has 2 heterocycles. The number of carbonyl (C=O) groups excluding carboxylic acids is 1. The Morgan fingerprint density at radius 1 is 1.12 bits per heavy atom. The number of para-hydroxylation sites is 1. The number of pyridine rings is 1. The number of hydrogen-bond acceptors (Lipinski definition) is 4. The number of ether oxygens (including phenoxy) is 1. The molecule has 0 fully saturated rings. The van der Waals surface area contributed by atoms with Crippen LogP contribution in [0, 0.1) is 11.3 Å². The number of methoxy groups -OCH3 is 1. The monoisotopic (exact) mass is 327 g/mol. The van der Waals surface area contributed by atoms with E-state index in [2.05, 4.69) is 11.1 Å². The van der Waals surface area contributed by atoms with Gasteiger partial charge in [-0.1, -0.05) is 36.4 Å². The predicted molar refractivity (Wildman–Crippen MR) is 94.7 cm³/mol. The molecule has 25 heavy (non-hydrogen) atoms. The van der Waals surface area contributed by atoms with Crippen LogP contribution in [-0.4, -0.2) is 22.6 Å². The lowest BCUT2D eigenvalue weighted by Crippen LogP contribution is -2.12. The van der Waals surface area contributed by atoms with Crippen LogP contribution in [0.15, 0.2) is 60.8 Å². The maximum absolute atomic E-state index is 13.2. The molecule has 0 aliphatic heterocycles. The van der Waals surface area contributed by atoms with Gasteiger partial charge in [0.25, 0.3) is 5.91 Å². The lowest BCUT2D eigenvalue weighted by Gasteiger charge is -2.07. The second-order valence-electron chi connectivity index (χ2n) is 5.53. The summed E-state index contributed by atoms with van der Waals surface area (Å²) in [5.41, 5.74) is 1.92. The number of hydrogen-bond donors (Lipinski definition) is 0. The number of carbonyl (C=O) groups is 1. The van der Waals surface area contributed by atoms with Gasteiger partial charge in [-0.05, 0) is 18.2 Å². The molecule has 2 aromatic heterocycles. The molecule has 4 rings (SSSR count). The Morgan fingerprint density at radius 3 is 2.56 bits per heavy atom. The first-order chi connectivity index (χ1) is 12.3. The normalized spacial score (nSPS) is 10.7. The Morgan fingerprint density at radius 2 is 1.84 bits per heavy atom. The fraction of sp³-hybridized carbons (Fsp3) is 0.0500. The number of rotatable bonds is 2. The first kappa shape index (κ1) is 14.9. The van der Waals surface area contributed by atoms with Crippen molar-refractivity contribution in [3.63, 3.8) is 0 Å². The van der Waals surface area contributed by atoms with E-state index in [0.29, 0.717) is 27.7 Å². The van der Waals surface area contributed by atoms with Crippen molar-refractivity contribution < 1.29 is 9.53 Å². The summed E-state index contributed by atoms with van der Waals surface area (Å²) in [6, 6.07) is 18.6. The van der Waals surface area contributed by atoms with Crippen LogP contribution in [0.4, 0.5) is 0 Å². The topological polar surface area (TPSA) is 67.9 Å². The molecule has 0 amide bonds. The summed E-state index contributed by atoms with van der Waals surface area (Å²) >= 11 is 0. The van der Waals surface area contributed by atoms with Crippen LogP contribution < -0.4 is 4.74 Å². The van der Waals surface area contributed by atoms with Crippen molar-refractivity contribution in [2.45, 2.75) is 0 Å². The highest BCUT2D eigenvalue weighted by Gasteiger charge is 2.23. The van der Waals surface area contributed by atoms with Crippen LogP contribution in [0.2, 0.25) is 0 Å². The highest BCUT2D eigenvalue weighted by atomic mass is 16.5. The van der Waals surface area contributed by atoms with Gasteiger partial charge in [-0.3, -0.25) is 9.36 Å². The molecule has 0 N–H and O–H groups in total. The minimum Gasteiger partial charge on any atom is -0.494 e. The average molecular weight is 327 g/mol. The summed E-state index contributed by atoms with van der Waals surface area (Å²) in [5.74, 6) is 0.322. The van der Waals surface area contributed by atoms with Gasteiger partial charge in [-0.25, -0.2) is 4.98 Å². The maximum Gasteiger partial charge on any atom is 0.262 e. The quantitative estimate of drug-likeness (QED) is 0.562. The van der Waals surface area contributed by atoms with E-state index >= 15 is 0 Å². The molecule has 0 atom stereocenters. The fourth-order valence-electron chi connectivity index (χ4n) is 3.12. The Balaban J connectivity index is 2.19. The SMILES string of the molecule is COc1cnc(C#N)c2c1c1ccccc1n2C(=O)c1ccccc1. The molecule has 4 aromatic rings. The molecule has 5 heteroatoms. The molecule has 0 spiro atoms. The molecule has 0 saturated carbocycles. The van der Waals surface area contributed by atoms with Crippen LogP contribution in [-0.2, 0) is 0 Å². The summed E-state index contributed by atoms with van der Waals surface area (Å²) in [4.78, 5) is 17.4. The smallest absolute Gasteiger partial charge is 0.262 e. The van der Waals surface area contributed by atoms with E-state index in [-0.39, 0.29) is 11.6 Å². The lowest BCUT2D eigenvalue weighted by molar-refractivity contribution is 0.0969. The van der Waals surface area contributed by atoms with E-state index in [1.54, 1.807) is 23.8 Å². The molecular formula is C20H13N3O2. The highest BCUT2D eigenvalue weighted by molar-refractivity contribution is 6.19. The molecule has 120 valence electrons. The average Bonchev–Trinajstić information content (AvgIpc) is 3.03. The zero-order chi connectivity index (χ0) is 17.4. The van der Waals surface area contributed by atoms with E-state index in [1.165, 1.54) is 6.20 Å². The van der Waals surface area contributed by atoms with Gasteiger partial charge in [0.05, 0.1) is 29.7 Å². The molecule has 0 aliphatic rings. The van der Waals surface area contributed by atoms with Crippen molar-refractivity contribution in [3.05, 3.63) is 72.1 Å². The van der Waals surface area contributed by atoms with Gasteiger partial charge in [-0.15, -0.1) is 0 Å². The summed E-state index contributed by atoms with van der Waals surface area (Å²) in [6.07, 6.45) is 1.52. The van der Waals surface area contributed by atoms with Crippen molar-refractivity contribution >= 4 is 27.7 Å². The molecular weight excluding hydrogens is 314 g/mol. The van der Waals surface area contributed by atoms with Crippen molar-refractivity contribution in [1.29, 1.82) is 5.26 Å². The first-order valence-electron chi connectivity index (χ1n) is 7.72. The van der Waals surface area contributed by atoms with Gasteiger partial charge < -0.3 is 4.74 Å². The van der Waals surface area contributed by atoms with Crippen LogP contribution in [0.25, 0.3) is 21.8 Å². The fourth-order valence-corrected chi connectivity index (χ4v) is 3.12. The molecule has 0 unspecified atom stereocenters. The Hall–Kier alpha value is -3.65. The summed E-state index contributed by atoms with van der Waals surface area (Å²) in [6.45, 7) is 0. The van der Waals surface area contributed by atoms with Crippen LogP contribution in [0.1, 0.15) is 16.1 Å². The number of aromatic nitrogens is 2. The zero-order valence-corrected chi connectivity index (χ0v) is 13.4. The van der Waals surface area contributed by atoms with E-state index in [4.69, 9.17) is 4.74 Å². The van der Waals surface area contributed by atoms with Crippen molar-refractivity contribution in [2.24, 2.45) is 0 Å². The number of nitrogens with zero attached hydrogens (tertiary/aromatic N) is 3. The third kappa shape index (κ3) is 2.16. The van der Waals surface area contributed by atoms with Crippen molar-refractivity contribution in [2.75, 3.05) is 7.11 Å². The zero-order valence-electron chi connectivity index (χ0n) is 13.4. The molecule has 0 radical (unpaired) electrons. The highest BCUT2D eigenvalue weighted by Crippen LogP contribution is 2.36. The van der Waals surface area contributed by atoms with Crippen molar-refractivity contribution in [1.82, 2.24) is 9.55 Å². The van der Waals surface area contributed by atoms with Gasteiger partial charge in [0.2, 0.25) is 0 Å². The first-order valence-corrected chi connectivity index (χ1v) is 7.72. The van der Waals surface area contributed by atoms with Gasteiger partial charge in [0.15, 0.2) is 5.69 Å². The Bertz CT molecular complexity index is 1150. The van der Waals surface area contributed by atoms with Crippen LogP contribution >= 0.6 is 0 Å². The van der Waals surface area contributed by atoms with Gasteiger partial charge in [-0.2, -0.15) is 5.26 Å². The maximum atomic E-state index is 13.2. The molecule has 0 saturated heterocycles. The lowest BCUT2D eigenvalue weighted by atomic mass is 10.1. The standard InChI is InChI=1S/C20H13N3O2/c1-25-17-12-22-15(11-21)19-18(17)14-9-5-6-10-16(14)23(19)20(24)13-7-3-2-4-8-13/h2-10,12H,1H3. The summed E-state index contributed by atoms with van der Waals surface area (Å²) in [7, 11) is 1.55. The second kappa shape index (κ2) is 5.77. The third-order valence-electron chi connectivity index (χ3n) is 4.21. The van der Waals surface area contributed by atoms with E-state index in [9.17, 15) is 10.1 Å². The Labute approximate surface area is 143 Å². The minimum absolute atomic E-state index is 0.191. The second-order valence-corrected chi connectivity index (χ2v) is 5.53. The summed E-state index contributed by atoms with van der Waals surface area (Å²) in [5, 5.41) is 11.1. The van der Waals surface area contributed by atoms with Crippen LogP contribution in [0.3, 0.4) is 0 Å². The van der Waals surface area contributed by atoms with Gasteiger partial charge >= 0.3 is 0 Å². The van der Waals surface area contributed by atoms with E-state index in [0.717, 1.165) is 5.39 Å². The van der Waals surface area contributed by atoms with Crippen LogP contribution in [0.5, 0.6) is 5.75 Å². The van der Waals surface area contributed by atoms with Crippen molar-refractivity contribution in [3.8, 4) is 11.8 Å². The molecule has 5 nitrogen and oxygen atoms in total. The van der Waals surface area contributed by atoms with E-state index < -0.39 is 0 Å². The van der Waals surface area contributed by atoms with E-state index in [1.807, 2.05) is 42.5 Å². The van der Waals surface area contributed by atoms with Gasteiger partial charge in [0, 0.05) is 10.9 Å². The summed E-state index contributed by atoms with van der Waals surface area (Å²) < 4.78 is 6.99. The molecule has 0 aliphatic carbocycles. The van der Waals surface area contributed by atoms with Gasteiger partial charge in [0.1, 0.15) is 11.8 Å². The minimum atomic E-state index is -0.210. The largest absolute Gasteiger partial charge is 0.494 e. The Kier molecular flexibility index (Phi) is 3.44. The molecule has 0 bridgehead atoms. The molecule has 2 aromatic carbocycles. The number of benzene rings is 2. The predicted octanol–water partition coefficient (Wildman–Crippen LogP) is 3.76.